The van der Waals surface area contributed by atoms with Crippen LogP contribution in [-0.4, -0.2) is 35.7 Å². The number of halogens is 2. The van der Waals surface area contributed by atoms with Gasteiger partial charge in [-0.1, -0.05) is 47.1 Å². The SMILES string of the molecule is COc1ccc(CN(c2ccon2)S(=O)c2ccc3c(-c4cc(Cl)c(-c5cccc(F)c5)cc4OC)c(OC)ncc3c2)cc1. The van der Waals surface area contributed by atoms with Gasteiger partial charge in [0.25, 0.3) is 0 Å². The molecule has 0 spiro atoms. The predicted octanol–water partition coefficient (Wildman–Crippen LogP) is 8.10. The van der Waals surface area contributed by atoms with Gasteiger partial charge >= 0.3 is 0 Å². The van der Waals surface area contributed by atoms with Crippen LogP contribution in [0.4, 0.5) is 10.2 Å². The van der Waals surface area contributed by atoms with E-state index in [0.717, 1.165) is 16.7 Å². The molecule has 0 saturated heterocycles. The third-order valence-corrected chi connectivity index (χ3v) is 8.97. The van der Waals surface area contributed by atoms with E-state index in [4.69, 9.17) is 30.3 Å². The van der Waals surface area contributed by atoms with E-state index < -0.39 is 11.0 Å². The van der Waals surface area contributed by atoms with Crippen LogP contribution in [-0.2, 0) is 17.5 Å². The minimum Gasteiger partial charge on any atom is -0.497 e. The first-order valence-corrected chi connectivity index (χ1v) is 15.2. The molecule has 0 aliphatic heterocycles. The van der Waals surface area contributed by atoms with Crippen molar-refractivity contribution in [3.05, 3.63) is 114 Å². The molecule has 0 bridgehead atoms. The maximum atomic E-state index is 14.1. The fourth-order valence-corrected chi connectivity index (χ4v) is 6.56. The van der Waals surface area contributed by atoms with E-state index in [1.165, 1.54) is 25.5 Å². The highest BCUT2D eigenvalue weighted by Gasteiger charge is 2.23. The van der Waals surface area contributed by atoms with E-state index in [1.54, 1.807) is 61.1 Å². The lowest BCUT2D eigenvalue weighted by molar-refractivity contribution is 0.398. The molecule has 0 radical (unpaired) electrons. The Morgan fingerprint density at radius 1 is 0.911 bits per heavy atom. The molecule has 2 heterocycles. The zero-order valence-electron chi connectivity index (χ0n) is 24.5. The van der Waals surface area contributed by atoms with Gasteiger partial charge in [-0.3, -0.25) is 4.31 Å². The van der Waals surface area contributed by atoms with Gasteiger partial charge in [-0.25, -0.2) is 13.6 Å². The molecule has 6 aromatic rings. The Hall–Kier alpha value is -4.93. The fourth-order valence-electron chi connectivity index (χ4n) is 5.09. The summed E-state index contributed by atoms with van der Waals surface area (Å²) in [6.45, 7) is 0.306. The molecule has 11 heteroatoms. The summed E-state index contributed by atoms with van der Waals surface area (Å²) in [5, 5.41) is 5.94. The Kier molecular flexibility index (Phi) is 8.68. The maximum absolute atomic E-state index is 14.1. The zero-order chi connectivity index (χ0) is 31.5. The number of aromatic nitrogens is 2. The highest BCUT2D eigenvalue weighted by atomic mass is 35.5. The quantitative estimate of drug-likeness (QED) is 0.149. The average molecular weight is 644 g/mol. The second kappa shape index (κ2) is 13.0. The number of rotatable bonds is 10. The Morgan fingerprint density at radius 3 is 2.42 bits per heavy atom. The van der Waals surface area contributed by atoms with Crippen LogP contribution < -0.4 is 18.5 Å². The van der Waals surface area contributed by atoms with Crippen molar-refractivity contribution in [1.29, 1.82) is 0 Å². The lowest BCUT2D eigenvalue weighted by Crippen LogP contribution is -2.25. The minimum atomic E-state index is -1.66. The van der Waals surface area contributed by atoms with E-state index >= 15 is 0 Å². The molecule has 0 aliphatic rings. The van der Waals surface area contributed by atoms with Crippen molar-refractivity contribution in [3.63, 3.8) is 0 Å². The van der Waals surface area contributed by atoms with Crippen LogP contribution in [0.1, 0.15) is 5.56 Å². The number of hydrogen-bond acceptors (Lipinski definition) is 7. The number of benzene rings is 4. The Labute approximate surface area is 266 Å². The lowest BCUT2D eigenvalue weighted by atomic mass is 9.96. The summed E-state index contributed by atoms with van der Waals surface area (Å²) in [4.78, 5) is 5.09. The molecule has 8 nitrogen and oxygen atoms in total. The van der Waals surface area contributed by atoms with Crippen molar-refractivity contribution in [2.75, 3.05) is 25.6 Å². The molecule has 0 amide bonds. The van der Waals surface area contributed by atoms with Crippen LogP contribution in [0, 0.1) is 5.82 Å². The molecule has 0 saturated carbocycles. The van der Waals surface area contributed by atoms with Crippen molar-refractivity contribution < 1.29 is 27.3 Å². The van der Waals surface area contributed by atoms with Gasteiger partial charge in [0.2, 0.25) is 5.88 Å². The summed E-state index contributed by atoms with van der Waals surface area (Å²) in [6, 6.07) is 24.4. The van der Waals surface area contributed by atoms with E-state index in [2.05, 4.69) is 10.1 Å². The van der Waals surface area contributed by atoms with Gasteiger partial charge < -0.3 is 18.7 Å². The molecule has 0 aliphatic carbocycles. The van der Waals surface area contributed by atoms with Crippen molar-refractivity contribution >= 4 is 39.2 Å². The van der Waals surface area contributed by atoms with Crippen LogP contribution in [0.2, 0.25) is 5.02 Å². The molecule has 6 rings (SSSR count). The largest absolute Gasteiger partial charge is 0.497 e. The van der Waals surface area contributed by atoms with Gasteiger partial charge in [-0.2, -0.15) is 0 Å². The minimum absolute atomic E-state index is 0.306. The van der Waals surface area contributed by atoms with Gasteiger partial charge in [0, 0.05) is 33.8 Å². The number of hydrogen-bond donors (Lipinski definition) is 0. The second-order valence-corrected chi connectivity index (χ2v) is 11.7. The number of nitrogens with zero attached hydrogens (tertiary/aromatic N) is 3. The third-order valence-electron chi connectivity index (χ3n) is 7.28. The summed E-state index contributed by atoms with van der Waals surface area (Å²) >= 11 is 6.77. The first kappa shape index (κ1) is 30.1. The van der Waals surface area contributed by atoms with E-state index in [0.29, 0.717) is 61.6 Å². The van der Waals surface area contributed by atoms with Crippen molar-refractivity contribution in [2.24, 2.45) is 0 Å². The Balaban J connectivity index is 1.42. The van der Waals surface area contributed by atoms with Crippen LogP contribution in [0.5, 0.6) is 17.4 Å². The molecule has 4 aromatic carbocycles. The highest BCUT2D eigenvalue weighted by molar-refractivity contribution is 7.86. The summed E-state index contributed by atoms with van der Waals surface area (Å²) in [5.74, 6) is 1.63. The molecule has 228 valence electrons. The predicted molar refractivity (Wildman–Crippen MR) is 173 cm³/mol. The summed E-state index contributed by atoms with van der Waals surface area (Å²) in [7, 11) is 3.03. The van der Waals surface area contributed by atoms with Crippen molar-refractivity contribution in [1.82, 2.24) is 10.1 Å². The number of pyridine rings is 1. The lowest BCUT2D eigenvalue weighted by Gasteiger charge is -2.21. The monoisotopic (exact) mass is 643 g/mol. The fraction of sp³-hybridized carbons (Fsp3) is 0.118. The number of methoxy groups -OCH3 is 3. The molecular formula is C34H27ClFN3O5S. The molecule has 2 aromatic heterocycles. The van der Waals surface area contributed by atoms with Gasteiger partial charge in [0.05, 0.1) is 38.3 Å². The van der Waals surface area contributed by atoms with Gasteiger partial charge in [-0.05, 0) is 65.0 Å². The van der Waals surface area contributed by atoms with Gasteiger partial charge in [-0.15, -0.1) is 0 Å². The standard InChI is InChI=1S/C34H27ClFN3O5S/c1-41-25-9-7-21(8-10-25)20-39(32-13-14-44-38-32)45(40)26-11-12-27-23(16-26)19-37-34(43-3)33(27)29-17-30(35)28(18-31(29)42-2)22-5-4-6-24(36)15-22/h4-19H,20H2,1-3H3. The molecule has 1 unspecified atom stereocenters. The van der Waals surface area contributed by atoms with Crippen LogP contribution in [0.15, 0.2) is 107 Å². The van der Waals surface area contributed by atoms with E-state index in [9.17, 15) is 8.60 Å². The van der Waals surface area contributed by atoms with Crippen LogP contribution >= 0.6 is 11.6 Å². The van der Waals surface area contributed by atoms with Gasteiger partial charge in [0.15, 0.2) is 16.8 Å². The molecule has 0 fully saturated rings. The summed E-state index contributed by atoms with van der Waals surface area (Å²) in [6.07, 6.45) is 3.10. The van der Waals surface area contributed by atoms with Crippen molar-refractivity contribution in [2.45, 2.75) is 11.4 Å². The van der Waals surface area contributed by atoms with Crippen LogP contribution in [0.25, 0.3) is 33.0 Å². The molecule has 0 N–H and O–H groups in total. The summed E-state index contributed by atoms with van der Waals surface area (Å²) in [5.41, 5.74) is 3.42. The number of anilines is 1. The average Bonchev–Trinajstić information content (AvgIpc) is 3.61. The number of ether oxygens (including phenoxy) is 3. The smallest absolute Gasteiger partial charge is 0.221 e. The first-order chi connectivity index (χ1) is 21.9. The molecular weight excluding hydrogens is 617 g/mol. The van der Waals surface area contributed by atoms with Gasteiger partial charge in [0.1, 0.15) is 23.6 Å². The van der Waals surface area contributed by atoms with Crippen molar-refractivity contribution in [3.8, 4) is 39.6 Å². The normalized spacial score (nSPS) is 11.8. The number of fused-ring (bicyclic) bond motifs is 1. The Morgan fingerprint density at radius 2 is 1.73 bits per heavy atom. The topological polar surface area (TPSA) is 86.9 Å². The molecule has 1 atom stereocenters. The highest BCUT2D eigenvalue weighted by Crippen LogP contribution is 2.45. The Bertz CT molecular complexity index is 2000. The van der Waals surface area contributed by atoms with E-state index in [-0.39, 0.29) is 5.82 Å². The third kappa shape index (κ3) is 6.07. The zero-order valence-corrected chi connectivity index (χ0v) is 26.1. The molecule has 45 heavy (non-hydrogen) atoms. The second-order valence-electron chi connectivity index (χ2n) is 9.93. The summed E-state index contributed by atoms with van der Waals surface area (Å²) < 4.78 is 51.5. The maximum Gasteiger partial charge on any atom is 0.221 e. The first-order valence-electron chi connectivity index (χ1n) is 13.7. The van der Waals surface area contributed by atoms with Crippen LogP contribution in [0.3, 0.4) is 0 Å². The van der Waals surface area contributed by atoms with E-state index in [1.807, 2.05) is 36.4 Å².